The van der Waals surface area contributed by atoms with E-state index in [-0.39, 0.29) is 12.0 Å². The zero-order valence-electron chi connectivity index (χ0n) is 12.6. The van der Waals surface area contributed by atoms with E-state index >= 15 is 0 Å². The minimum Gasteiger partial charge on any atom is -0.378 e. The lowest BCUT2D eigenvalue weighted by atomic mass is 10.1. The summed E-state index contributed by atoms with van der Waals surface area (Å²) in [5, 5.41) is 0. The molecule has 0 saturated carbocycles. The van der Waals surface area contributed by atoms with Crippen LogP contribution in [0.15, 0.2) is 24.3 Å². The van der Waals surface area contributed by atoms with Crippen molar-refractivity contribution in [2.45, 2.75) is 25.9 Å². The number of amides is 1. The Kier molecular flexibility index (Phi) is 5.01. The fourth-order valence-corrected chi connectivity index (χ4v) is 2.44. The van der Waals surface area contributed by atoms with Gasteiger partial charge >= 0.3 is 0 Å². The predicted molar refractivity (Wildman–Crippen MR) is 81.0 cm³/mol. The van der Waals surface area contributed by atoms with Gasteiger partial charge in [-0.2, -0.15) is 0 Å². The van der Waals surface area contributed by atoms with E-state index in [1.54, 1.807) is 0 Å². The number of nitrogens with zero attached hydrogens (tertiary/aromatic N) is 2. The van der Waals surface area contributed by atoms with E-state index in [2.05, 4.69) is 29.2 Å². The van der Waals surface area contributed by atoms with E-state index in [0.29, 0.717) is 26.1 Å². The standard InChI is InChI=1S/C16H24N2O2/c1-4-5-16(19)18-10-11-20-15(12-18)13-6-8-14(9-7-13)17(2)3/h6-9,15H,4-5,10-12H2,1-3H3. The molecular formula is C16H24N2O2. The molecule has 0 radical (unpaired) electrons. The van der Waals surface area contributed by atoms with Gasteiger partial charge in [0.2, 0.25) is 5.91 Å². The van der Waals surface area contributed by atoms with Gasteiger partial charge in [0, 0.05) is 32.7 Å². The van der Waals surface area contributed by atoms with Crippen LogP contribution in [0.2, 0.25) is 0 Å². The van der Waals surface area contributed by atoms with Crippen molar-refractivity contribution in [2.24, 2.45) is 0 Å². The van der Waals surface area contributed by atoms with Crippen LogP contribution in [0.3, 0.4) is 0 Å². The molecule has 110 valence electrons. The highest BCUT2D eigenvalue weighted by atomic mass is 16.5. The van der Waals surface area contributed by atoms with Crippen molar-refractivity contribution in [1.29, 1.82) is 0 Å². The molecule has 1 unspecified atom stereocenters. The van der Waals surface area contributed by atoms with Crippen LogP contribution in [0.4, 0.5) is 5.69 Å². The fraction of sp³-hybridized carbons (Fsp3) is 0.562. The van der Waals surface area contributed by atoms with Crippen molar-refractivity contribution < 1.29 is 9.53 Å². The highest BCUT2D eigenvalue weighted by Gasteiger charge is 2.24. The lowest BCUT2D eigenvalue weighted by molar-refractivity contribution is -0.139. The highest BCUT2D eigenvalue weighted by molar-refractivity contribution is 5.76. The Morgan fingerprint density at radius 3 is 2.65 bits per heavy atom. The number of hydrogen-bond acceptors (Lipinski definition) is 3. The molecule has 4 heteroatoms. The summed E-state index contributed by atoms with van der Waals surface area (Å²) in [5.41, 5.74) is 2.31. The second-order valence-corrected chi connectivity index (χ2v) is 5.44. The molecule has 4 nitrogen and oxygen atoms in total. The van der Waals surface area contributed by atoms with Crippen LogP contribution in [0, 0.1) is 0 Å². The Bertz CT molecular complexity index is 442. The molecule has 1 aliphatic rings. The second-order valence-electron chi connectivity index (χ2n) is 5.44. The average Bonchev–Trinajstić information content (AvgIpc) is 2.48. The third-order valence-corrected chi connectivity index (χ3v) is 3.66. The molecular weight excluding hydrogens is 252 g/mol. The highest BCUT2D eigenvalue weighted by Crippen LogP contribution is 2.24. The molecule has 1 aromatic rings. The number of hydrogen-bond donors (Lipinski definition) is 0. The lowest BCUT2D eigenvalue weighted by Crippen LogP contribution is -2.42. The molecule has 1 aromatic carbocycles. The van der Waals surface area contributed by atoms with Crippen LogP contribution >= 0.6 is 0 Å². The SMILES string of the molecule is CCCC(=O)N1CCOC(c2ccc(N(C)C)cc2)C1. The Balaban J connectivity index is 2.03. The smallest absolute Gasteiger partial charge is 0.222 e. The summed E-state index contributed by atoms with van der Waals surface area (Å²) in [5.74, 6) is 0.241. The summed E-state index contributed by atoms with van der Waals surface area (Å²) in [6.45, 7) is 4.04. The molecule has 20 heavy (non-hydrogen) atoms. The Hall–Kier alpha value is -1.55. The third kappa shape index (κ3) is 3.51. The summed E-state index contributed by atoms with van der Waals surface area (Å²) >= 11 is 0. The van der Waals surface area contributed by atoms with Crippen LogP contribution < -0.4 is 4.90 Å². The molecule has 1 heterocycles. The van der Waals surface area contributed by atoms with E-state index in [1.165, 1.54) is 5.69 Å². The Labute approximate surface area is 121 Å². The predicted octanol–water partition coefficient (Wildman–Crippen LogP) is 2.45. The van der Waals surface area contributed by atoms with E-state index < -0.39 is 0 Å². The lowest BCUT2D eigenvalue weighted by Gasteiger charge is -2.33. The normalized spacial score (nSPS) is 18.9. The monoisotopic (exact) mass is 276 g/mol. The van der Waals surface area contributed by atoms with Gasteiger partial charge in [-0.25, -0.2) is 0 Å². The summed E-state index contributed by atoms with van der Waals surface area (Å²) in [6.07, 6.45) is 1.53. The summed E-state index contributed by atoms with van der Waals surface area (Å²) in [4.78, 5) is 16.0. The van der Waals surface area contributed by atoms with E-state index in [0.717, 1.165) is 12.0 Å². The minimum atomic E-state index is 0.000711. The van der Waals surface area contributed by atoms with Gasteiger partial charge in [-0.3, -0.25) is 4.79 Å². The number of benzene rings is 1. The molecule has 1 atom stereocenters. The topological polar surface area (TPSA) is 32.8 Å². The Morgan fingerprint density at radius 2 is 2.05 bits per heavy atom. The van der Waals surface area contributed by atoms with E-state index in [9.17, 15) is 4.79 Å². The molecule has 1 fully saturated rings. The van der Waals surface area contributed by atoms with Gasteiger partial charge in [0.15, 0.2) is 0 Å². The molecule has 0 aliphatic carbocycles. The van der Waals surface area contributed by atoms with Crippen LogP contribution in [0.5, 0.6) is 0 Å². The quantitative estimate of drug-likeness (QED) is 0.847. The summed E-state index contributed by atoms with van der Waals surface area (Å²) in [6, 6.07) is 8.36. The van der Waals surface area contributed by atoms with Gasteiger partial charge in [-0.05, 0) is 24.1 Å². The van der Waals surface area contributed by atoms with Crippen molar-refractivity contribution in [1.82, 2.24) is 4.90 Å². The maximum Gasteiger partial charge on any atom is 0.222 e. The van der Waals surface area contributed by atoms with Crippen molar-refractivity contribution in [3.8, 4) is 0 Å². The first-order valence-electron chi connectivity index (χ1n) is 7.28. The third-order valence-electron chi connectivity index (χ3n) is 3.66. The maximum absolute atomic E-state index is 12.0. The molecule has 1 amide bonds. The molecule has 1 aliphatic heterocycles. The zero-order valence-corrected chi connectivity index (χ0v) is 12.6. The van der Waals surface area contributed by atoms with Crippen molar-refractivity contribution in [2.75, 3.05) is 38.7 Å². The van der Waals surface area contributed by atoms with Gasteiger partial charge < -0.3 is 14.5 Å². The minimum absolute atomic E-state index is 0.000711. The largest absolute Gasteiger partial charge is 0.378 e. The number of morpholine rings is 1. The van der Waals surface area contributed by atoms with Crippen LogP contribution in [-0.2, 0) is 9.53 Å². The number of carbonyl (C=O) groups is 1. The maximum atomic E-state index is 12.0. The number of anilines is 1. The molecule has 2 rings (SSSR count). The van der Waals surface area contributed by atoms with Gasteiger partial charge in [0.05, 0.1) is 13.2 Å². The van der Waals surface area contributed by atoms with Crippen molar-refractivity contribution in [3.05, 3.63) is 29.8 Å². The average molecular weight is 276 g/mol. The molecule has 0 spiro atoms. The first-order valence-corrected chi connectivity index (χ1v) is 7.28. The molecule has 0 bridgehead atoms. The fourth-order valence-electron chi connectivity index (χ4n) is 2.44. The van der Waals surface area contributed by atoms with E-state index in [4.69, 9.17) is 4.74 Å². The first kappa shape index (κ1) is 14.9. The van der Waals surface area contributed by atoms with Gasteiger partial charge in [-0.15, -0.1) is 0 Å². The molecule has 1 saturated heterocycles. The summed E-state index contributed by atoms with van der Waals surface area (Å²) in [7, 11) is 4.05. The zero-order chi connectivity index (χ0) is 14.5. The Morgan fingerprint density at radius 1 is 1.35 bits per heavy atom. The van der Waals surface area contributed by atoms with Crippen LogP contribution in [-0.4, -0.2) is 44.6 Å². The van der Waals surface area contributed by atoms with Crippen LogP contribution in [0.25, 0.3) is 0 Å². The van der Waals surface area contributed by atoms with Crippen LogP contribution in [0.1, 0.15) is 31.4 Å². The molecule has 0 N–H and O–H groups in total. The number of carbonyl (C=O) groups excluding carboxylic acids is 1. The second kappa shape index (κ2) is 6.75. The van der Waals surface area contributed by atoms with Crippen molar-refractivity contribution in [3.63, 3.8) is 0 Å². The molecule has 0 aromatic heterocycles. The number of rotatable bonds is 4. The van der Waals surface area contributed by atoms with Gasteiger partial charge in [0.25, 0.3) is 0 Å². The summed E-state index contributed by atoms with van der Waals surface area (Å²) < 4.78 is 5.82. The number of ether oxygens (including phenoxy) is 1. The van der Waals surface area contributed by atoms with Crippen molar-refractivity contribution >= 4 is 11.6 Å². The van der Waals surface area contributed by atoms with Gasteiger partial charge in [0.1, 0.15) is 6.10 Å². The van der Waals surface area contributed by atoms with E-state index in [1.807, 2.05) is 25.9 Å². The van der Waals surface area contributed by atoms with Gasteiger partial charge in [-0.1, -0.05) is 19.1 Å². The first-order chi connectivity index (χ1) is 9.61.